The van der Waals surface area contributed by atoms with E-state index in [2.05, 4.69) is 28.2 Å². The van der Waals surface area contributed by atoms with Crippen molar-refractivity contribution in [2.24, 2.45) is 0 Å². The van der Waals surface area contributed by atoms with Crippen molar-refractivity contribution in [1.29, 1.82) is 0 Å². The molecule has 0 amide bonds. The van der Waals surface area contributed by atoms with Crippen LogP contribution in [0.15, 0.2) is 29.8 Å². The summed E-state index contributed by atoms with van der Waals surface area (Å²) in [5, 5.41) is 1.27. The van der Waals surface area contributed by atoms with Gasteiger partial charge in [0.05, 0.1) is 10.2 Å². The molecule has 3 rings (SSSR count). The molecule has 1 N–H and O–H groups in total. The Hall–Kier alpha value is -1.35. The van der Waals surface area contributed by atoms with E-state index >= 15 is 0 Å². The van der Waals surface area contributed by atoms with Gasteiger partial charge in [-0.2, -0.15) is 0 Å². The summed E-state index contributed by atoms with van der Waals surface area (Å²) in [5.74, 6) is 0. The van der Waals surface area contributed by atoms with Gasteiger partial charge in [-0.25, -0.2) is 4.98 Å². The highest BCUT2D eigenvalue weighted by molar-refractivity contribution is 7.17. The standard InChI is InChI=1S/C9H6N2S/c1-2-4-7-6(3-1)8-9(11-7)10-5-12-8/h1-5,11H. The molecule has 1 aromatic carbocycles. The van der Waals surface area contributed by atoms with E-state index < -0.39 is 0 Å². The fourth-order valence-electron chi connectivity index (χ4n) is 1.44. The number of para-hydroxylation sites is 1. The Morgan fingerprint density at radius 3 is 3.17 bits per heavy atom. The molecule has 0 saturated heterocycles. The first kappa shape index (κ1) is 6.20. The monoisotopic (exact) mass is 174 g/mol. The molecular formula is C9H6N2S. The molecule has 0 saturated carbocycles. The molecule has 0 bridgehead atoms. The van der Waals surface area contributed by atoms with Crippen molar-refractivity contribution >= 4 is 32.6 Å². The number of aromatic nitrogens is 2. The number of hydrogen-bond donors (Lipinski definition) is 1. The normalized spacial score (nSPS) is 11.3. The van der Waals surface area contributed by atoms with E-state index in [-0.39, 0.29) is 0 Å². The van der Waals surface area contributed by atoms with Crippen LogP contribution in [0.1, 0.15) is 0 Å². The van der Waals surface area contributed by atoms with Crippen molar-refractivity contribution in [1.82, 2.24) is 9.97 Å². The quantitative estimate of drug-likeness (QED) is 0.557. The second-order valence-electron chi connectivity index (χ2n) is 2.70. The van der Waals surface area contributed by atoms with Crippen LogP contribution in [0.3, 0.4) is 0 Å². The summed E-state index contributed by atoms with van der Waals surface area (Å²) in [6.07, 6.45) is 0. The van der Waals surface area contributed by atoms with E-state index in [4.69, 9.17) is 0 Å². The molecule has 0 aliphatic carbocycles. The predicted octanol–water partition coefficient (Wildman–Crippen LogP) is 2.78. The number of nitrogens with zero attached hydrogens (tertiary/aromatic N) is 1. The SMILES string of the molecule is c1ccc2c(c1)[nH]c1ncsc12. The van der Waals surface area contributed by atoms with Crippen LogP contribution in [0.5, 0.6) is 0 Å². The van der Waals surface area contributed by atoms with Gasteiger partial charge in [-0.3, -0.25) is 0 Å². The van der Waals surface area contributed by atoms with Gasteiger partial charge in [-0.1, -0.05) is 18.2 Å². The molecule has 0 fully saturated rings. The van der Waals surface area contributed by atoms with Crippen molar-refractivity contribution in [3.8, 4) is 0 Å². The van der Waals surface area contributed by atoms with Crippen LogP contribution in [0.25, 0.3) is 21.3 Å². The minimum absolute atomic E-state index is 1.00. The Morgan fingerprint density at radius 1 is 1.25 bits per heavy atom. The number of fused-ring (bicyclic) bond motifs is 3. The van der Waals surface area contributed by atoms with Gasteiger partial charge in [0.25, 0.3) is 0 Å². The van der Waals surface area contributed by atoms with Gasteiger partial charge in [-0.15, -0.1) is 11.3 Å². The number of thiazole rings is 1. The van der Waals surface area contributed by atoms with Gasteiger partial charge in [0.1, 0.15) is 5.65 Å². The number of rotatable bonds is 0. The van der Waals surface area contributed by atoms with Crippen molar-refractivity contribution in [2.45, 2.75) is 0 Å². The molecule has 12 heavy (non-hydrogen) atoms. The third-order valence-electron chi connectivity index (χ3n) is 1.99. The molecule has 2 heterocycles. The van der Waals surface area contributed by atoms with Gasteiger partial charge >= 0.3 is 0 Å². The average molecular weight is 174 g/mol. The summed E-state index contributed by atoms with van der Waals surface area (Å²) in [7, 11) is 0. The van der Waals surface area contributed by atoms with Crippen molar-refractivity contribution in [3.63, 3.8) is 0 Å². The van der Waals surface area contributed by atoms with Crippen LogP contribution < -0.4 is 0 Å². The average Bonchev–Trinajstić information content (AvgIpc) is 2.62. The maximum Gasteiger partial charge on any atom is 0.149 e. The summed E-state index contributed by atoms with van der Waals surface area (Å²) in [5.41, 5.74) is 4.04. The first-order valence-corrected chi connectivity index (χ1v) is 4.63. The zero-order valence-electron chi connectivity index (χ0n) is 6.24. The summed E-state index contributed by atoms with van der Waals surface area (Å²) in [4.78, 5) is 7.48. The number of hydrogen-bond acceptors (Lipinski definition) is 2. The molecule has 0 radical (unpaired) electrons. The van der Waals surface area contributed by atoms with Gasteiger partial charge in [0.15, 0.2) is 0 Å². The zero-order chi connectivity index (χ0) is 7.97. The Labute approximate surface area is 72.9 Å². The third kappa shape index (κ3) is 0.662. The van der Waals surface area contributed by atoms with Gasteiger partial charge < -0.3 is 4.98 Å². The van der Waals surface area contributed by atoms with Crippen LogP contribution in [0.2, 0.25) is 0 Å². The summed E-state index contributed by atoms with van der Waals surface area (Å²) < 4.78 is 1.26. The van der Waals surface area contributed by atoms with E-state index in [1.54, 1.807) is 11.3 Å². The summed E-state index contributed by atoms with van der Waals surface area (Å²) >= 11 is 1.68. The van der Waals surface area contributed by atoms with E-state index in [0.717, 1.165) is 5.65 Å². The van der Waals surface area contributed by atoms with Crippen LogP contribution >= 0.6 is 11.3 Å². The van der Waals surface area contributed by atoms with Crippen molar-refractivity contribution < 1.29 is 0 Å². The second-order valence-corrected chi connectivity index (χ2v) is 3.56. The third-order valence-corrected chi connectivity index (χ3v) is 2.85. The van der Waals surface area contributed by atoms with Crippen molar-refractivity contribution in [3.05, 3.63) is 29.8 Å². The maximum atomic E-state index is 4.22. The maximum absolute atomic E-state index is 4.22. The zero-order valence-corrected chi connectivity index (χ0v) is 7.06. The molecule has 0 unspecified atom stereocenters. The lowest BCUT2D eigenvalue weighted by Crippen LogP contribution is -1.65. The van der Waals surface area contributed by atoms with Gasteiger partial charge in [-0.05, 0) is 6.07 Å². The summed E-state index contributed by atoms with van der Waals surface area (Å²) in [6, 6.07) is 8.27. The van der Waals surface area contributed by atoms with Crippen LogP contribution in [-0.2, 0) is 0 Å². The van der Waals surface area contributed by atoms with Crippen LogP contribution in [0, 0.1) is 0 Å². The molecule has 0 atom stereocenters. The second kappa shape index (κ2) is 2.08. The Morgan fingerprint density at radius 2 is 2.17 bits per heavy atom. The molecule has 0 spiro atoms. The summed E-state index contributed by atoms with van der Waals surface area (Å²) in [6.45, 7) is 0. The van der Waals surface area contributed by atoms with Crippen LogP contribution in [0.4, 0.5) is 0 Å². The minimum atomic E-state index is 1.00. The van der Waals surface area contributed by atoms with Gasteiger partial charge in [0.2, 0.25) is 0 Å². The molecule has 2 nitrogen and oxygen atoms in total. The number of benzene rings is 1. The first-order chi connectivity index (χ1) is 5.95. The fraction of sp³-hybridized carbons (Fsp3) is 0. The molecule has 3 aromatic rings. The number of nitrogens with one attached hydrogen (secondary N) is 1. The Bertz CT molecular complexity index is 534. The topological polar surface area (TPSA) is 28.7 Å². The molecule has 2 aromatic heterocycles. The first-order valence-electron chi connectivity index (χ1n) is 3.75. The van der Waals surface area contributed by atoms with E-state index in [1.165, 1.54) is 15.6 Å². The molecule has 3 heteroatoms. The molecule has 58 valence electrons. The molecular weight excluding hydrogens is 168 g/mol. The molecule has 0 aliphatic rings. The highest BCUT2D eigenvalue weighted by Gasteiger charge is 2.03. The minimum Gasteiger partial charge on any atom is -0.338 e. The number of H-pyrrole nitrogens is 1. The fourth-order valence-corrected chi connectivity index (χ4v) is 2.23. The van der Waals surface area contributed by atoms with Gasteiger partial charge in [0, 0.05) is 10.9 Å². The highest BCUT2D eigenvalue weighted by atomic mass is 32.1. The van der Waals surface area contributed by atoms with E-state index in [0.29, 0.717) is 0 Å². The Kier molecular flexibility index (Phi) is 1.07. The number of aromatic amines is 1. The smallest absolute Gasteiger partial charge is 0.149 e. The lowest BCUT2D eigenvalue weighted by molar-refractivity contribution is 1.40. The van der Waals surface area contributed by atoms with E-state index in [9.17, 15) is 0 Å². The Balaban J connectivity index is 2.68. The highest BCUT2D eigenvalue weighted by Crippen LogP contribution is 2.27. The lowest BCUT2D eigenvalue weighted by atomic mass is 10.2. The van der Waals surface area contributed by atoms with Crippen LogP contribution in [-0.4, -0.2) is 9.97 Å². The molecule has 0 aliphatic heterocycles. The van der Waals surface area contributed by atoms with E-state index in [1.807, 2.05) is 11.6 Å². The van der Waals surface area contributed by atoms with Crippen molar-refractivity contribution in [2.75, 3.05) is 0 Å². The lowest BCUT2D eigenvalue weighted by Gasteiger charge is -1.84. The largest absolute Gasteiger partial charge is 0.338 e. The predicted molar refractivity (Wildman–Crippen MR) is 51.5 cm³/mol.